The fourth-order valence-corrected chi connectivity index (χ4v) is 5.46. The number of rotatable bonds is 9. The fraction of sp³-hybridized carbons (Fsp3) is 0.433. The molecule has 2 aromatic carbocycles. The molecule has 0 amide bonds. The molecule has 3 heteroatoms. The first kappa shape index (κ1) is 23.5. The van der Waals surface area contributed by atoms with Crippen molar-refractivity contribution in [1.29, 1.82) is 0 Å². The number of hydrogen-bond acceptors (Lipinski definition) is 3. The molecule has 0 radical (unpaired) electrons. The number of ether oxygens (including phenoxy) is 1. The van der Waals surface area contributed by atoms with E-state index in [4.69, 9.17) is 9.72 Å². The number of aryl methyl sites for hydroxylation is 2. The Bertz CT molecular complexity index is 1030. The first-order chi connectivity index (χ1) is 16.2. The molecule has 1 aromatic heterocycles. The van der Waals surface area contributed by atoms with E-state index >= 15 is 0 Å². The van der Waals surface area contributed by atoms with Gasteiger partial charge < -0.3 is 4.74 Å². The Hall–Kier alpha value is -2.65. The van der Waals surface area contributed by atoms with Crippen molar-refractivity contribution in [3.8, 4) is 17.0 Å². The Morgan fingerprint density at radius 3 is 2.15 bits per heavy atom. The minimum atomic E-state index is 0.627. The van der Waals surface area contributed by atoms with Gasteiger partial charge >= 0.3 is 0 Å². The predicted molar refractivity (Wildman–Crippen MR) is 138 cm³/mol. The van der Waals surface area contributed by atoms with Gasteiger partial charge in [0.05, 0.1) is 12.8 Å². The topological polar surface area (TPSA) is 25.4 Å². The summed E-state index contributed by atoms with van der Waals surface area (Å²) in [5.41, 5.74) is 8.79. The smallest absolute Gasteiger partial charge is 0.129 e. The molecule has 0 aliphatic heterocycles. The molecule has 1 saturated carbocycles. The Labute approximate surface area is 199 Å². The van der Waals surface area contributed by atoms with Crippen molar-refractivity contribution in [2.45, 2.75) is 78.4 Å². The molecule has 0 atom stereocenters. The van der Waals surface area contributed by atoms with Gasteiger partial charge in [0, 0.05) is 42.0 Å². The quantitative estimate of drug-likeness (QED) is 0.352. The molecule has 1 aliphatic carbocycles. The Morgan fingerprint density at radius 2 is 1.55 bits per heavy atom. The van der Waals surface area contributed by atoms with E-state index in [0.717, 1.165) is 42.9 Å². The van der Waals surface area contributed by atoms with Crippen molar-refractivity contribution < 1.29 is 4.74 Å². The molecule has 1 heterocycles. The number of benzene rings is 2. The van der Waals surface area contributed by atoms with Crippen LogP contribution in [0, 0.1) is 6.92 Å². The predicted octanol–water partition coefficient (Wildman–Crippen LogP) is 7.14. The van der Waals surface area contributed by atoms with E-state index in [-0.39, 0.29) is 0 Å². The minimum Gasteiger partial charge on any atom is -0.496 e. The zero-order valence-corrected chi connectivity index (χ0v) is 20.7. The Kier molecular flexibility index (Phi) is 7.82. The number of nitrogens with zero attached hydrogens (tertiary/aromatic N) is 2. The summed E-state index contributed by atoms with van der Waals surface area (Å²) < 4.78 is 6.03. The van der Waals surface area contributed by atoms with E-state index in [1.807, 2.05) is 0 Å². The highest BCUT2D eigenvalue weighted by Gasteiger charge is 2.25. The molecule has 1 fully saturated rings. The maximum atomic E-state index is 6.03. The first-order valence-corrected chi connectivity index (χ1v) is 12.6. The highest BCUT2D eigenvalue weighted by atomic mass is 16.5. The van der Waals surface area contributed by atoms with E-state index in [1.165, 1.54) is 53.5 Å². The molecule has 0 saturated heterocycles. The standard InChI is InChI=1S/C30H38N2O/c1-5-24-15-12-16-25(6-2)28(24)29-22(3)30(33-4)26(19-31-29)21-32(27-17-10-11-18-27)20-23-13-8-7-9-14-23/h7-9,12-16,19,27H,5-6,10-11,17-18,20-21H2,1-4H3. The van der Waals surface area contributed by atoms with E-state index in [0.29, 0.717) is 6.04 Å². The summed E-state index contributed by atoms with van der Waals surface area (Å²) >= 11 is 0. The van der Waals surface area contributed by atoms with Crippen LogP contribution < -0.4 is 4.74 Å². The monoisotopic (exact) mass is 442 g/mol. The summed E-state index contributed by atoms with van der Waals surface area (Å²) in [6, 6.07) is 18.1. The third-order valence-corrected chi connectivity index (χ3v) is 7.22. The lowest BCUT2D eigenvalue weighted by Crippen LogP contribution is -2.32. The van der Waals surface area contributed by atoms with Gasteiger partial charge in [-0.1, -0.05) is 75.2 Å². The molecule has 174 valence electrons. The van der Waals surface area contributed by atoms with Gasteiger partial charge in [-0.2, -0.15) is 0 Å². The van der Waals surface area contributed by atoms with Crippen molar-refractivity contribution in [1.82, 2.24) is 9.88 Å². The van der Waals surface area contributed by atoms with Crippen molar-refractivity contribution in [3.63, 3.8) is 0 Å². The van der Waals surface area contributed by atoms with E-state index in [9.17, 15) is 0 Å². The lowest BCUT2D eigenvalue weighted by molar-refractivity contribution is 0.178. The van der Waals surface area contributed by atoms with Crippen molar-refractivity contribution in [2.75, 3.05) is 7.11 Å². The minimum absolute atomic E-state index is 0.627. The van der Waals surface area contributed by atoms with Crippen LogP contribution in [0.2, 0.25) is 0 Å². The normalized spacial score (nSPS) is 14.2. The molecule has 0 bridgehead atoms. The average molecular weight is 443 g/mol. The second-order valence-corrected chi connectivity index (χ2v) is 9.28. The van der Waals surface area contributed by atoms with Crippen LogP contribution in [-0.4, -0.2) is 23.0 Å². The molecule has 0 spiro atoms. The lowest BCUT2D eigenvalue weighted by Gasteiger charge is -2.30. The summed E-state index contributed by atoms with van der Waals surface area (Å²) in [5, 5.41) is 0. The highest BCUT2D eigenvalue weighted by Crippen LogP contribution is 2.37. The molecule has 0 N–H and O–H groups in total. The Morgan fingerprint density at radius 1 is 0.879 bits per heavy atom. The van der Waals surface area contributed by atoms with Crippen LogP contribution in [0.15, 0.2) is 54.7 Å². The summed E-state index contributed by atoms with van der Waals surface area (Å²) in [6.45, 7) is 8.46. The van der Waals surface area contributed by atoms with Gasteiger partial charge in [0.1, 0.15) is 5.75 Å². The summed E-state index contributed by atoms with van der Waals surface area (Å²) in [5.74, 6) is 0.990. The van der Waals surface area contributed by atoms with Crippen LogP contribution >= 0.6 is 0 Å². The van der Waals surface area contributed by atoms with E-state index in [1.54, 1.807) is 7.11 Å². The molecule has 3 aromatic rings. The third kappa shape index (κ3) is 5.14. The number of pyridine rings is 1. The van der Waals surface area contributed by atoms with Crippen LogP contribution in [0.3, 0.4) is 0 Å². The van der Waals surface area contributed by atoms with Crippen molar-refractivity contribution in [3.05, 3.63) is 82.5 Å². The zero-order valence-electron chi connectivity index (χ0n) is 20.7. The maximum Gasteiger partial charge on any atom is 0.129 e. The van der Waals surface area contributed by atoms with Crippen LogP contribution in [0.25, 0.3) is 11.3 Å². The van der Waals surface area contributed by atoms with Crippen LogP contribution in [0.4, 0.5) is 0 Å². The van der Waals surface area contributed by atoms with Crippen LogP contribution in [0.5, 0.6) is 5.75 Å². The highest BCUT2D eigenvalue weighted by molar-refractivity contribution is 5.73. The molecule has 33 heavy (non-hydrogen) atoms. The Balaban J connectivity index is 1.70. The van der Waals surface area contributed by atoms with Gasteiger partial charge in [-0.3, -0.25) is 9.88 Å². The van der Waals surface area contributed by atoms with Crippen LogP contribution in [0.1, 0.15) is 67.3 Å². The fourth-order valence-electron chi connectivity index (χ4n) is 5.46. The maximum absolute atomic E-state index is 6.03. The van der Waals surface area contributed by atoms with Crippen molar-refractivity contribution >= 4 is 0 Å². The van der Waals surface area contributed by atoms with Gasteiger partial charge in [0.15, 0.2) is 0 Å². The second-order valence-electron chi connectivity index (χ2n) is 9.28. The summed E-state index contributed by atoms with van der Waals surface area (Å²) in [6.07, 6.45) is 9.29. The third-order valence-electron chi connectivity index (χ3n) is 7.22. The number of hydrogen-bond donors (Lipinski definition) is 0. The van der Waals surface area contributed by atoms with Gasteiger partial charge in [0.25, 0.3) is 0 Å². The molecule has 1 aliphatic rings. The van der Waals surface area contributed by atoms with E-state index in [2.05, 4.69) is 80.4 Å². The average Bonchev–Trinajstić information content (AvgIpc) is 3.39. The van der Waals surface area contributed by atoms with Gasteiger partial charge in [0.2, 0.25) is 0 Å². The first-order valence-electron chi connectivity index (χ1n) is 12.6. The van der Waals surface area contributed by atoms with Crippen molar-refractivity contribution in [2.24, 2.45) is 0 Å². The van der Waals surface area contributed by atoms with Gasteiger partial charge in [-0.15, -0.1) is 0 Å². The van der Waals surface area contributed by atoms with E-state index < -0.39 is 0 Å². The zero-order chi connectivity index (χ0) is 23.2. The largest absolute Gasteiger partial charge is 0.496 e. The van der Waals surface area contributed by atoms with Gasteiger partial charge in [-0.25, -0.2) is 0 Å². The summed E-state index contributed by atoms with van der Waals surface area (Å²) in [7, 11) is 1.80. The molecule has 4 rings (SSSR count). The second kappa shape index (κ2) is 11.0. The molecule has 3 nitrogen and oxygen atoms in total. The summed E-state index contributed by atoms with van der Waals surface area (Å²) in [4.78, 5) is 7.69. The van der Waals surface area contributed by atoms with Gasteiger partial charge in [-0.05, 0) is 49.3 Å². The number of aromatic nitrogens is 1. The molecule has 0 unspecified atom stereocenters. The van der Waals surface area contributed by atoms with Crippen LogP contribution in [-0.2, 0) is 25.9 Å². The molecular formula is C30H38N2O. The lowest BCUT2D eigenvalue weighted by atomic mass is 9.92. The SMILES string of the molecule is CCc1cccc(CC)c1-c1ncc(CN(Cc2ccccc2)C2CCCC2)c(OC)c1C. The molecular weight excluding hydrogens is 404 g/mol. The number of methoxy groups -OCH3 is 1.